The van der Waals surface area contributed by atoms with Crippen LogP contribution < -0.4 is 0 Å². The maximum atomic E-state index is 12.2. The normalized spacial score (nSPS) is 10.5. The van der Waals surface area contributed by atoms with Crippen molar-refractivity contribution in [3.8, 4) is 0 Å². The predicted octanol–water partition coefficient (Wildman–Crippen LogP) is 2.24. The lowest BCUT2D eigenvalue weighted by Crippen LogP contribution is -2.00. The van der Waals surface area contributed by atoms with E-state index in [1.807, 2.05) is 0 Å². The zero-order chi connectivity index (χ0) is 10.0. The average Bonchev–Trinajstić information content (AvgIpc) is 2.02. The SMILES string of the molecule is Cc1ccnc(C(F)F)c1[N+](=O)[O-]. The standard InChI is InChI=1S/C7H6F2N2O2/c1-4-2-3-10-5(7(8)9)6(4)11(12)13/h2-3,7H,1H3. The van der Waals surface area contributed by atoms with Crippen molar-refractivity contribution in [3.05, 3.63) is 33.6 Å². The van der Waals surface area contributed by atoms with Crippen molar-refractivity contribution < 1.29 is 13.7 Å². The van der Waals surface area contributed by atoms with E-state index >= 15 is 0 Å². The molecule has 0 aliphatic carbocycles. The average molecular weight is 188 g/mol. The minimum absolute atomic E-state index is 0.190. The van der Waals surface area contributed by atoms with E-state index in [-0.39, 0.29) is 5.56 Å². The van der Waals surface area contributed by atoms with Crippen molar-refractivity contribution in [2.45, 2.75) is 13.3 Å². The highest BCUT2D eigenvalue weighted by Crippen LogP contribution is 2.28. The van der Waals surface area contributed by atoms with E-state index in [0.717, 1.165) is 6.20 Å². The van der Waals surface area contributed by atoms with E-state index in [0.29, 0.717) is 0 Å². The lowest BCUT2D eigenvalue weighted by molar-refractivity contribution is -0.387. The topological polar surface area (TPSA) is 56.0 Å². The van der Waals surface area contributed by atoms with Crippen LogP contribution in [-0.2, 0) is 0 Å². The summed E-state index contributed by atoms with van der Waals surface area (Å²) in [4.78, 5) is 12.8. The van der Waals surface area contributed by atoms with E-state index in [1.165, 1.54) is 13.0 Å². The van der Waals surface area contributed by atoms with Gasteiger partial charge in [0.1, 0.15) is 0 Å². The van der Waals surface area contributed by atoms with Gasteiger partial charge < -0.3 is 0 Å². The second kappa shape index (κ2) is 3.42. The number of pyridine rings is 1. The number of nitro groups is 1. The van der Waals surface area contributed by atoms with Crippen LogP contribution in [0.3, 0.4) is 0 Å². The van der Waals surface area contributed by atoms with Gasteiger partial charge >= 0.3 is 0 Å². The highest BCUT2D eigenvalue weighted by Gasteiger charge is 2.24. The van der Waals surface area contributed by atoms with Gasteiger partial charge in [0.25, 0.3) is 12.1 Å². The first-order chi connectivity index (χ1) is 6.04. The predicted molar refractivity (Wildman–Crippen MR) is 40.6 cm³/mol. The molecular weight excluding hydrogens is 182 g/mol. The van der Waals surface area contributed by atoms with Crippen molar-refractivity contribution in [2.75, 3.05) is 0 Å². The smallest absolute Gasteiger partial charge is 0.258 e. The number of aryl methyl sites for hydroxylation is 1. The number of alkyl halides is 2. The molecule has 0 aliphatic rings. The van der Waals surface area contributed by atoms with Crippen molar-refractivity contribution in [2.24, 2.45) is 0 Å². The molecule has 1 rings (SSSR count). The summed E-state index contributed by atoms with van der Waals surface area (Å²) in [6.07, 6.45) is -1.79. The van der Waals surface area contributed by atoms with Crippen molar-refractivity contribution >= 4 is 5.69 Å². The molecule has 0 amide bonds. The number of rotatable bonds is 2. The zero-order valence-corrected chi connectivity index (χ0v) is 6.70. The molecule has 0 fully saturated rings. The Kier molecular flexibility index (Phi) is 2.50. The van der Waals surface area contributed by atoms with Crippen LogP contribution in [0, 0.1) is 17.0 Å². The van der Waals surface area contributed by atoms with Crippen molar-refractivity contribution in [1.82, 2.24) is 4.98 Å². The summed E-state index contributed by atoms with van der Waals surface area (Å²) in [5.74, 6) is 0. The quantitative estimate of drug-likeness (QED) is 0.528. The van der Waals surface area contributed by atoms with Crippen LogP contribution >= 0.6 is 0 Å². The molecule has 0 radical (unpaired) electrons. The van der Waals surface area contributed by atoms with Gasteiger partial charge in [-0.3, -0.25) is 10.1 Å². The van der Waals surface area contributed by atoms with Gasteiger partial charge in [-0.1, -0.05) is 0 Å². The van der Waals surface area contributed by atoms with Crippen molar-refractivity contribution in [3.63, 3.8) is 0 Å². The molecule has 0 spiro atoms. The molecule has 0 N–H and O–H groups in total. The van der Waals surface area contributed by atoms with E-state index in [1.54, 1.807) is 0 Å². The second-order valence-electron chi connectivity index (χ2n) is 2.42. The number of hydrogen-bond donors (Lipinski definition) is 0. The Labute approximate surface area is 72.4 Å². The van der Waals surface area contributed by atoms with E-state index < -0.39 is 22.7 Å². The van der Waals surface area contributed by atoms with E-state index in [4.69, 9.17) is 0 Å². The molecule has 0 unspecified atom stereocenters. The molecule has 6 heteroatoms. The molecule has 70 valence electrons. The molecule has 0 bridgehead atoms. The number of halogens is 2. The lowest BCUT2D eigenvalue weighted by atomic mass is 10.2. The molecule has 0 saturated carbocycles. The van der Waals surface area contributed by atoms with Crippen LogP contribution in [0.5, 0.6) is 0 Å². The van der Waals surface area contributed by atoms with Gasteiger partial charge in [-0.2, -0.15) is 0 Å². The second-order valence-corrected chi connectivity index (χ2v) is 2.42. The largest absolute Gasteiger partial charge is 0.299 e. The summed E-state index contributed by atoms with van der Waals surface area (Å²) in [7, 11) is 0. The molecule has 0 aliphatic heterocycles. The van der Waals surface area contributed by atoms with Gasteiger partial charge in [-0.25, -0.2) is 13.8 Å². The maximum absolute atomic E-state index is 12.2. The van der Waals surface area contributed by atoms with E-state index in [9.17, 15) is 18.9 Å². The Hall–Kier alpha value is -1.59. The van der Waals surface area contributed by atoms with Gasteiger partial charge in [-0.05, 0) is 13.0 Å². The summed E-state index contributed by atoms with van der Waals surface area (Å²) >= 11 is 0. The third kappa shape index (κ3) is 1.77. The molecular formula is C7H6F2N2O2. The minimum atomic E-state index is -2.92. The summed E-state index contributed by atoms with van der Waals surface area (Å²) in [5.41, 5.74) is -1.18. The minimum Gasteiger partial charge on any atom is -0.258 e. The first-order valence-electron chi connectivity index (χ1n) is 3.42. The van der Waals surface area contributed by atoms with Crippen LogP contribution in [0.4, 0.5) is 14.5 Å². The summed E-state index contributed by atoms with van der Waals surface area (Å²) in [5, 5.41) is 10.4. The highest BCUT2D eigenvalue weighted by molar-refractivity contribution is 5.43. The highest BCUT2D eigenvalue weighted by atomic mass is 19.3. The maximum Gasteiger partial charge on any atom is 0.299 e. The molecule has 1 aromatic heterocycles. The molecule has 0 saturated heterocycles. The van der Waals surface area contributed by atoms with Crippen LogP contribution in [-0.4, -0.2) is 9.91 Å². The first-order valence-corrected chi connectivity index (χ1v) is 3.42. The fourth-order valence-electron chi connectivity index (χ4n) is 0.969. The van der Waals surface area contributed by atoms with Gasteiger partial charge in [-0.15, -0.1) is 0 Å². The molecule has 0 aromatic carbocycles. The Balaban J connectivity index is 3.34. The Morgan fingerprint density at radius 1 is 1.62 bits per heavy atom. The number of nitrogens with zero attached hydrogens (tertiary/aromatic N) is 2. The van der Waals surface area contributed by atoms with Crippen LogP contribution in [0.15, 0.2) is 12.3 Å². The van der Waals surface area contributed by atoms with Gasteiger partial charge in [0.15, 0.2) is 5.69 Å². The number of aromatic nitrogens is 1. The summed E-state index contributed by atoms with van der Waals surface area (Å²) < 4.78 is 24.4. The third-order valence-electron chi connectivity index (χ3n) is 1.54. The lowest BCUT2D eigenvalue weighted by Gasteiger charge is -2.01. The van der Waals surface area contributed by atoms with Crippen LogP contribution in [0.1, 0.15) is 17.7 Å². The monoisotopic (exact) mass is 188 g/mol. The molecule has 4 nitrogen and oxygen atoms in total. The molecule has 1 aromatic rings. The van der Waals surface area contributed by atoms with Crippen molar-refractivity contribution in [1.29, 1.82) is 0 Å². The third-order valence-corrected chi connectivity index (χ3v) is 1.54. The molecule has 1 heterocycles. The molecule has 13 heavy (non-hydrogen) atoms. The fourth-order valence-corrected chi connectivity index (χ4v) is 0.969. The molecule has 0 atom stereocenters. The summed E-state index contributed by atoms with van der Waals surface area (Å²) in [6.45, 7) is 1.39. The van der Waals surface area contributed by atoms with E-state index in [2.05, 4.69) is 4.98 Å². The zero-order valence-electron chi connectivity index (χ0n) is 6.70. The fraction of sp³-hybridized carbons (Fsp3) is 0.286. The Morgan fingerprint density at radius 2 is 2.23 bits per heavy atom. The van der Waals surface area contributed by atoms with Crippen LogP contribution in [0.25, 0.3) is 0 Å². The Morgan fingerprint density at radius 3 is 2.62 bits per heavy atom. The first kappa shape index (κ1) is 9.50. The van der Waals surface area contributed by atoms with Gasteiger partial charge in [0.05, 0.1) is 4.92 Å². The summed E-state index contributed by atoms with van der Waals surface area (Å²) in [6, 6.07) is 1.32. The van der Waals surface area contributed by atoms with Crippen LogP contribution in [0.2, 0.25) is 0 Å². The van der Waals surface area contributed by atoms with Gasteiger partial charge in [0.2, 0.25) is 0 Å². The number of hydrogen-bond acceptors (Lipinski definition) is 3. The Bertz CT molecular complexity index is 341. The van der Waals surface area contributed by atoms with Gasteiger partial charge in [0, 0.05) is 11.8 Å².